The summed E-state index contributed by atoms with van der Waals surface area (Å²) in [5, 5.41) is 38.0. The van der Waals surface area contributed by atoms with E-state index < -0.39 is 110 Å². The van der Waals surface area contributed by atoms with E-state index in [4.69, 9.17) is 56.1 Å². The number of ketones is 3. The van der Waals surface area contributed by atoms with Gasteiger partial charge in [0.25, 0.3) is 0 Å². The monoisotopic (exact) mass is 1210 g/mol. The van der Waals surface area contributed by atoms with Crippen molar-refractivity contribution >= 4 is 97.0 Å². The number of aliphatic hydroxyl groups is 2. The van der Waals surface area contributed by atoms with Gasteiger partial charge in [-0.15, -0.1) is 23.2 Å². The fourth-order valence-corrected chi connectivity index (χ4v) is 17.6. The van der Waals surface area contributed by atoms with Gasteiger partial charge in [0.1, 0.15) is 12.3 Å². The van der Waals surface area contributed by atoms with Crippen LogP contribution >= 0.6 is 62.3 Å². The van der Waals surface area contributed by atoms with Gasteiger partial charge in [-0.1, -0.05) is 65.1 Å². The van der Waals surface area contributed by atoms with Gasteiger partial charge in [0.05, 0.1) is 41.5 Å². The van der Waals surface area contributed by atoms with Crippen LogP contribution in [0, 0.1) is 57.2 Å². The smallest absolute Gasteiger partial charge is 0.339 e. The Kier molecular flexibility index (Phi) is 14.6. The summed E-state index contributed by atoms with van der Waals surface area (Å²) in [6, 6.07) is 14.0. The van der Waals surface area contributed by atoms with E-state index in [1.165, 1.54) is 42.4 Å². The maximum atomic E-state index is 17.5. The molecule has 8 fully saturated rings. The summed E-state index contributed by atoms with van der Waals surface area (Å²) in [5.41, 5.74) is -11.1. The number of alkyl halides is 7. The molecule has 416 valence electrons. The van der Waals surface area contributed by atoms with Gasteiger partial charge in [-0.05, 0) is 148 Å². The van der Waals surface area contributed by atoms with Gasteiger partial charge < -0.3 is 15.3 Å². The van der Waals surface area contributed by atoms with Crippen LogP contribution in [0.5, 0.6) is 0 Å². The number of hydrogen-bond acceptors (Lipinski definition) is 10. The number of fused-ring (bicyclic) bond motifs is 14. The summed E-state index contributed by atoms with van der Waals surface area (Å²) in [6.45, 7) is 7.39. The lowest BCUT2D eigenvalue weighted by molar-refractivity contribution is -0.233. The van der Waals surface area contributed by atoms with E-state index in [0.717, 1.165) is 11.8 Å². The van der Waals surface area contributed by atoms with Crippen LogP contribution in [-0.4, -0.2) is 109 Å². The van der Waals surface area contributed by atoms with E-state index in [2.05, 4.69) is 15.9 Å². The zero-order chi connectivity index (χ0) is 55.8. The zero-order valence-electron chi connectivity index (χ0n) is 42.7. The van der Waals surface area contributed by atoms with Crippen molar-refractivity contribution in [2.75, 3.05) is 33.9 Å². The Labute approximate surface area is 473 Å². The van der Waals surface area contributed by atoms with Crippen molar-refractivity contribution in [3.63, 3.8) is 0 Å². The van der Waals surface area contributed by atoms with Gasteiger partial charge in [0, 0.05) is 67.7 Å². The third kappa shape index (κ3) is 7.81. The molecule has 12 rings (SSSR count). The molecule has 3 N–H and O–H groups in total. The maximum Gasteiger partial charge on any atom is 0.339 e. The average molecular weight is 1220 g/mol. The van der Waals surface area contributed by atoms with E-state index in [0.29, 0.717) is 39.9 Å². The van der Waals surface area contributed by atoms with Crippen LogP contribution in [0.25, 0.3) is 0 Å². The molecule has 2 heterocycles. The predicted molar refractivity (Wildman–Crippen MR) is 288 cm³/mol. The van der Waals surface area contributed by atoms with Crippen molar-refractivity contribution in [1.82, 2.24) is 0 Å². The number of nitrogens with zero attached hydrogens (tertiary/aromatic N) is 2. The van der Waals surface area contributed by atoms with Gasteiger partial charge in [0.2, 0.25) is 5.60 Å². The van der Waals surface area contributed by atoms with Crippen LogP contribution in [0.15, 0.2) is 96.1 Å². The molecule has 2 aromatic rings. The summed E-state index contributed by atoms with van der Waals surface area (Å²) >= 11 is 25.9. The van der Waals surface area contributed by atoms with Crippen molar-refractivity contribution in [1.29, 1.82) is 0 Å². The minimum atomic E-state index is -2.25. The van der Waals surface area contributed by atoms with Gasteiger partial charge >= 0.3 is 5.97 Å². The molecule has 11 nitrogen and oxygen atoms in total. The van der Waals surface area contributed by atoms with E-state index in [-0.39, 0.29) is 73.2 Å². The van der Waals surface area contributed by atoms with Crippen LogP contribution in [0.2, 0.25) is 10.0 Å². The lowest BCUT2D eigenvalue weighted by Gasteiger charge is -2.63. The van der Waals surface area contributed by atoms with Crippen molar-refractivity contribution in [3.8, 4) is 0 Å². The third-order valence-corrected chi connectivity index (χ3v) is 21.2. The SMILES string of the molecule is C[C@]12C=CC(=O)C=C1[C@@H](F)C[C@H]1[C@@H]3C[C@H]4CN(c5ccc(Cl)cc5)O[C@@]4(C(=O)CCCl)[C@@]3(C)C[C@H](O)[C@@]12F.C[C@]12C=CC(=O)C=C1[C@@H](F)C[C@H]1[C@@H]3C[C@H]4CN(c5ccc(Cl)cc5)O[C@@]4(C(=O)O)[C@@]3(C)C[C@H](O)[C@@]12F.ClCBr. The second kappa shape index (κ2) is 19.7. The fourth-order valence-electron chi connectivity index (χ4n) is 17.2. The average Bonchev–Trinajstić information content (AvgIpc) is 4.31. The minimum absolute atomic E-state index is 0.0364. The molecule has 77 heavy (non-hydrogen) atoms. The molecule has 2 saturated heterocycles. The van der Waals surface area contributed by atoms with Crippen molar-refractivity contribution < 1.29 is 61.7 Å². The number of benzene rings is 2. The zero-order valence-corrected chi connectivity index (χ0v) is 47.3. The highest BCUT2D eigenvalue weighted by Gasteiger charge is 2.82. The fraction of sp³-hybridized carbons (Fsp3) is 0.579. The predicted octanol–water partition coefficient (Wildman–Crippen LogP) is 11.6. The van der Waals surface area contributed by atoms with Crippen LogP contribution in [0.1, 0.15) is 72.6 Å². The van der Waals surface area contributed by atoms with Crippen LogP contribution in [-0.2, 0) is 28.9 Å². The first-order valence-corrected chi connectivity index (χ1v) is 29.0. The molecule has 0 amide bonds. The molecule has 2 aliphatic heterocycles. The largest absolute Gasteiger partial charge is 0.479 e. The number of carboxylic acids is 1. The molecule has 0 unspecified atom stereocenters. The Bertz CT molecular complexity index is 2890. The van der Waals surface area contributed by atoms with Crippen LogP contribution < -0.4 is 10.1 Å². The molecular weight excluding hydrogens is 1150 g/mol. The van der Waals surface area contributed by atoms with Gasteiger partial charge in [-0.3, -0.25) is 34.2 Å². The molecule has 2 aromatic carbocycles. The highest BCUT2D eigenvalue weighted by Crippen LogP contribution is 2.75. The van der Waals surface area contributed by atoms with E-state index >= 15 is 17.6 Å². The van der Waals surface area contributed by atoms with Crippen molar-refractivity contribution in [2.45, 2.75) is 120 Å². The molecule has 10 aliphatic rings. The first kappa shape index (κ1) is 56.9. The molecule has 20 heteroatoms. The number of carbonyl (C=O) groups is 4. The molecule has 0 spiro atoms. The summed E-state index contributed by atoms with van der Waals surface area (Å²) in [5.74, 6) is -5.61. The first-order valence-electron chi connectivity index (χ1n) is 26.0. The number of aliphatic carboxylic acids is 1. The number of aliphatic hydroxyl groups excluding tert-OH is 2. The summed E-state index contributed by atoms with van der Waals surface area (Å²) in [7, 11) is 0. The number of carboxylic acid groups (broad SMARTS) is 1. The number of hydroxylamine groups is 2. The number of carbonyl (C=O) groups excluding carboxylic acids is 3. The number of anilines is 2. The van der Waals surface area contributed by atoms with Gasteiger partial charge in [-0.25, -0.2) is 22.4 Å². The lowest BCUT2D eigenvalue weighted by atomic mass is 9.44. The highest BCUT2D eigenvalue weighted by atomic mass is 79.9. The van der Waals surface area contributed by atoms with Gasteiger partial charge in [-0.2, -0.15) is 0 Å². The number of allylic oxidation sites excluding steroid dienone is 8. The van der Waals surface area contributed by atoms with Crippen molar-refractivity contribution in [2.24, 2.45) is 57.2 Å². The van der Waals surface area contributed by atoms with Crippen molar-refractivity contribution in [3.05, 3.63) is 106 Å². The Balaban J connectivity index is 0.000000166. The highest BCUT2D eigenvalue weighted by molar-refractivity contribution is 9.09. The third-order valence-electron chi connectivity index (χ3n) is 20.5. The van der Waals surface area contributed by atoms with E-state index in [1.807, 2.05) is 19.1 Å². The number of hydrogen-bond donors (Lipinski definition) is 3. The molecule has 18 atom stereocenters. The molecule has 6 saturated carbocycles. The standard InChI is InChI=1S/C29H31Cl2F2NO4.C27H28ClF2NO5.CH2BrCl/c1-26-9-7-19(35)12-22(26)23(32)13-21-20-11-16-15-34(18-5-3-17(31)4-6-18)38-29(16,24(36)8-10-30)27(20,2)14-25(37)28(21,26)33;1-24-8-7-17(32)10-20(24)21(29)11-19-18-9-14-13-31(16-5-3-15(28)4-6-16)36-27(14,23(34)35)25(18,2)12-22(33)26(19,24)30;2-1-3/h3-7,9,12,16,20-21,23,25,37H,8,10-11,13-15H2,1-2H3;3-8,10,14,18-19,21-22,33H,9,11-13H2,1-2H3,(H,34,35);1H2/t16-,20-,21-,23-,25-,26-,27-,28-,29-;14-,18-,19-,21-,22-,24-,25-,26-,27-;/m00./s1. The number of halogens is 9. The molecule has 0 bridgehead atoms. The Morgan fingerprint density at radius 1 is 0.662 bits per heavy atom. The second-order valence-electron chi connectivity index (χ2n) is 23.6. The molecular formula is C57H61BrCl4F4N2O9. The number of rotatable bonds is 6. The minimum Gasteiger partial charge on any atom is -0.479 e. The first-order chi connectivity index (χ1) is 36.2. The molecule has 8 aliphatic carbocycles. The number of Topliss-reactive ketones (excluding diaryl/α,β-unsaturated/α-hetero) is 1. The summed E-state index contributed by atoms with van der Waals surface area (Å²) in [4.78, 5) is 64.3. The van der Waals surface area contributed by atoms with E-state index in [1.54, 1.807) is 55.3 Å². The topological polar surface area (TPSA) is 154 Å². The second-order valence-corrected chi connectivity index (χ2v) is 26.3. The Hall–Kier alpha value is -3.32. The van der Waals surface area contributed by atoms with Gasteiger partial charge in [0.15, 0.2) is 34.3 Å². The Morgan fingerprint density at radius 2 is 1.04 bits per heavy atom. The lowest BCUT2D eigenvalue weighted by Crippen LogP contribution is -2.70. The van der Waals surface area contributed by atoms with E-state index in [9.17, 15) is 34.5 Å². The summed E-state index contributed by atoms with van der Waals surface area (Å²) < 4.78 is 66.1. The van der Waals surface area contributed by atoms with Crippen LogP contribution in [0.3, 0.4) is 0 Å². The summed E-state index contributed by atoms with van der Waals surface area (Å²) in [6.07, 6.45) is 1.72. The maximum absolute atomic E-state index is 17.5. The quantitative estimate of drug-likeness (QED) is 0.187. The normalized spacial score (nSPS) is 44.6. The molecule has 0 radical (unpaired) electrons. The Morgan fingerprint density at radius 3 is 1.43 bits per heavy atom. The van der Waals surface area contributed by atoms with Crippen LogP contribution in [0.4, 0.5) is 28.9 Å². The molecule has 0 aromatic heterocycles.